The number of nitrogens with zero attached hydrogens (tertiary/aromatic N) is 3. The van der Waals surface area contributed by atoms with Crippen LogP contribution < -0.4 is 15.4 Å². The monoisotopic (exact) mass is 409 g/mol. The van der Waals surface area contributed by atoms with Gasteiger partial charge in [0.15, 0.2) is 0 Å². The third kappa shape index (κ3) is 5.23. The van der Waals surface area contributed by atoms with Crippen LogP contribution in [0.3, 0.4) is 0 Å². The van der Waals surface area contributed by atoms with Crippen LogP contribution in [0.5, 0.6) is 5.75 Å². The van der Waals surface area contributed by atoms with Gasteiger partial charge in [0.2, 0.25) is 5.95 Å². The predicted molar refractivity (Wildman–Crippen MR) is 101 cm³/mol. The second kappa shape index (κ2) is 8.30. The lowest BCUT2D eigenvalue weighted by atomic mass is 10.2. The fourth-order valence-corrected chi connectivity index (χ4v) is 2.55. The van der Waals surface area contributed by atoms with Gasteiger partial charge < -0.3 is 15.4 Å². The number of benzene rings is 1. The molecule has 0 spiro atoms. The molecule has 1 aromatic carbocycles. The summed E-state index contributed by atoms with van der Waals surface area (Å²) in [5.74, 6) is 0.327. The highest BCUT2D eigenvalue weighted by molar-refractivity contribution is 6.32. The average molecular weight is 410 g/mol. The van der Waals surface area contributed by atoms with Gasteiger partial charge in [-0.3, -0.25) is 4.98 Å². The van der Waals surface area contributed by atoms with E-state index in [1.54, 1.807) is 18.3 Å². The summed E-state index contributed by atoms with van der Waals surface area (Å²) in [5, 5.41) is 5.85. The average Bonchev–Trinajstić information content (AvgIpc) is 2.64. The summed E-state index contributed by atoms with van der Waals surface area (Å²) < 4.78 is 41.0. The van der Waals surface area contributed by atoms with Crippen LogP contribution >= 0.6 is 11.6 Å². The molecular formula is C18H15ClF3N5O. The number of anilines is 3. The van der Waals surface area contributed by atoms with Crippen molar-refractivity contribution in [2.75, 3.05) is 17.2 Å². The second-order valence-corrected chi connectivity index (χ2v) is 5.93. The molecule has 0 bridgehead atoms. The first-order chi connectivity index (χ1) is 13.3. The number of hydrogen-bond donors (Lipinski definition) is 2. The third-order valence-corrected chi connectivity index (χ3v) is 3.71. The van der Waals surface area contributed by atoms with E-state index in [2.05, 4.69) is 30.3 Å². The Hall–Kier alpha value is -3.07. The Balaban J connectivity index is 1.89. The molecule has 10 heteroatoms. The maximum Gasteiger partial charge on any atom is 0.573 e. The van der Waals surface area contributed by atoms with Crippen LogP contribution in [0.1, 0.15) is 6.92 Å². The summed E-state index contributed by atoms with van der Waals surface area (Å²) in [7, 11) is 0. The highest BCUT2D eigenvalue weighted by Gasteiger charge is 2.32. The molecule has 0 unspecified atom stereocenters. The van der Waals surface area contributed by atoms with E-state index in [4.69, 9.17) is 11.6 Å². The van der Waals surface area contributed by atoms with Crippen molar-refractivity contribution in [1.29, 1.82) is 0 Å². The number of pyridine rings is 1. The highest BCUT2D eigenvalue weighted by atomic mass is 35.5. The number of alkyl halides is 3. The van der Waals surface area contributed by atoms with Gasteiger partial charge in [0.05, 0.1) is 16.4 Å². The Morgan fingerprint density at radius 2 is 1.89 bits per heavy atom. The van der Waals surface area contributed by atoms with E-state index in [1.807, 2.05) is 19.1 Å². The quantitative estimate of drug-likeness (QED) is 0.578. The zero-order chi connectivity index (χ0) is 20.1. The van der Waals surface area contributed by atoms with E-state index < -0.39 is 12.1 Å². The fraction of sp³-hybridized carbons (Fsp3) is 0.167. The van der Waals surface area contributed by atoms with Crippen molar-refractivity contribution in [2.24, 2.45) is 0 Å². The van der Waals surface area contributed by atoms with Crippen molar-refractivity contribution in [1.82, 2.24) is 15.0 Å². The van der Waals surface area contributed by atoms with E-state index in [1.165, 1.54) is 12.1 Å². The SMILES string of the molecule is CCNc1nc(Nc2ccc(OC(F)(F)F)c(Cl)c2)cc(-c2ccccn2)n1. The van der Waals surface area contributed by atoms with E-state index in [-0.39, 0.29) is 5.02 Å². The molecule has 2 heterocycles. The molecule has 0 fully saturated rings. The predicted octanol–water partition coefficient (Wildman–Crippen LogP) is 5.27. The van der Waals surface area contributed by atoms with Crippen molar-refractivity contribution in [2.45, 2.75) is 13.3 Å². The number of rotatable bonds is 6. The summed E-state index contributed by atoms with van der Waals surface area (Å²) in [4.78, 5) is 13.0. The summed E-state index contributed by atoms with van der Waals surface area (Å²) in [6.45, 7) is 2.52. The highest BCUT2D eigenvalue weighted by Crippen LogP contribution is 2.33. The van der Waals surface area contributed by atoms with Crippen molar-refractivity contribution >= 4 is 29.1 Å². The molecule has 0 aliphatic rings. The first-order valence-corrected chi connectivity index (χ1v) is 8.58. The van der Waals surface area contributed by atoms with Crippen LogP contribution in [-0.4, -0.2) is 27.9 Å². The van der Waals surface area contributed by atoms with Crippen LogP contribution in [0.4, 0.5) is 30.6 Å². The summed E-state index contributed by atoms with van der Waals surface area (Å²) in [6, 6.07) is 11.0. The van der Waals surface area contributed by atoms with Crippen LogP contribution in [0.2, 0.25) is 5.02 Å². The second-order valence-electron chi connectivity index (χ2n) is 5.53. The lowest BCUT2D eigenvalue weighted by Crippen LogP contribution is -2.17. The lowest BCUT2D eigenvalue weighted by molar-refractivity contribution is -0.274. The van der Waals surface area contributed by atoms with Gasteiger partial charge in [-0.25, -0.2) is 4.98 Å². The van der Waals surface area contributed by atoms with Crippen LogP contribution in [0, 0.1) is 0 Å². The first-order valence-electron chi connectivity index (χ1n) is 8.21. The minimum Gasteiger partial charge on any atom is -0.404 e. The smallest absolute Gasteiger partial charge is 0.404 e. The fourth-order valence-electron chi connectivity index (χ4n) is 2.33. The Morgan fingerprint density at radius 1 is 1.07 bits per heavy atom. The van der Waals surface area contributed by atoms with Crippen molar-refractivity contribution in [3.05, 3.63) is 53.7 Å². The molecule has 3 aromatic rings. The maximum atomic E-state index is 12.4. The molecule has 0 aliphatic carbocycles. The molecule has 6 nitrogen and oxygen atoms in total. The molecule has 146 valence electrons. The maximum absolute atomic E-state index is 12.4. The number of halogens is 4. The Labute approximate surface area is 163 Å². The molecular weight excluding hydrogens is 395 g/mol. The zero-order valence-corrected chi connectivity index (χ0v) is 15.3. The largest absolute Gasteiger partial charge is 0.573 e. The number of ether oxygens (including phenoxy) is 1. The molecule has 0 aliphatic heterocycles. The van der Waals surface area contributed by atoms with Gasteiger partial charge in [0.1, 0.15) is 11.6 Å². The van der Waals surface area contributed by atoms with Gasteiger partial charge in [-0.05, 0) is 37.3 Å². The number of nitrogens with one attached hydrogen (secondary N) is 2. The Morgan fingerprint density at radius 3 is 2.54 bits per heavy atom. The number of hydrogen-bond acceptors (Lipinski definition) is 6. The lowest BCUT2D eigenvalue weighted by Gasteiger charge is -2.13. The first kappa shape index (κ1) is 19.7. The topological polar surface area (TPSA) is 72.0 Å². The van der Waals surface area contributed by atoms with Crippen molar-refractivity contribution in [3.63, 3.8) is 0 Å². The summed E-state index contributed by atoms with van der Waals surface area (Å²) in [6.07, 6.45) is -3.17. The standard InChI is InChI=1S/C18H15ClF3N5O/c1-2-23-17-26-14(13-5-3-4-8-24-13)10-16(27-17)25-11-6-7-15(12(19)9-11)28-18(20,21)22/h3-10H,2H2,1H3,(H2,23,25,26,27). The van der Waals surface area contributed by atoms with Crippen LogP contribution in [-0.2, 0) is 0 Å². The Kier molecular flexibility index (Phi) is 5.84. The van der Waals surface area contributed by atoms with Crippen molar-refractivity contribution in [3.8, 4) is 17.1 Å². The molecule has 3 rings (SSSR count). The molecule has 0 atom stereocenters. The molecule has 0 radical (unpaired) electrons. The number of aromatic nitrogens is 3. The summed E-state index contributed by atoms with van der Waals surface area (Å²) >= 11 is 5.89. The van der Waals surface area contributed by atoms with Gasteiger partial charge in [-0.1, -0.05) is 17.7 Å². The van der Waals surface area contributed by atoms with Crippen molar-refractivity contribution < 1.29 is 17.9 Å². The molecule has 0 saturated heterocycles. The van der Waals surface area contributed by atoms with E-state index in [0.717, 1.165) is 6.07 Å². The normalized spacial score (nSPS) is 11.2. The van der Waals surface area contributed by atoms with Crippen LogP contribution in [0.15, 0.2) is 48.7 Å². The molecule has 0 amide bonds. The van der Waals surface area contributed by atoms with Gasteiger partial charge in [-0.15, -0.1) is 13.2 Å². The summed E-state index contributed by atoms with van der Waals surface area (Å²) in [5.41, 5.74) is 1.67. The molecule has 0 saturated carbocycles. The molecule has 28 heavy (non-hydrogen) atoms. The van der Waals surface area contributed by atoms with Gasteiger partial charge >= 0.3 is 6.36 Å². The van der Waals surface area contributed by atoms with E-state index in [0.29, 0.717) is 35.4 Å². The third-order valence-electron chi connectivity index (χ3n) is 3.42. The Bertz CT molecular complexity index is 954. The van der Waals surface area contributed by atoms with Gasteiger partial charge in [0.25, 0.3) is 0 Å². The van der Waals surface area contributed by atoms with Gasteiger partial charge in [0, 0.05) is 24.5 Å². The minimum absolute atomic E-state index is 0.187. The molecule has 2 aromatic heterocycles. The van der Waals surface area contributed by atoms with Crippen LogP contribution in [0.25, 0.3) is 11.4 Å². The van der Waals surface area contributed by atoms with E-state index >= 15 is 0 Å². The molecule has 2 N–H and O–H groups in total. The van der Waals surface area contributed by atoms with Gasteiger partial charge in [-0.2, -0.15) is 4.98 Å². The van der Waals surface area contributed by atoms with E-state index in [9.17, 15) is 13.2 Å². The minimum atomic E-state index is -4.82. The zero-order valence-electron chi connectivity index (χ0n) is 14.6.